The van der Waals surface area contributed by atoms with Crippen LogP contribution in [-0.4, -0.2) is 12.6 Å². The molecule has 0 aliphatic rings. The lowest BCUT2D eigenvalue weighted by Gasteiger charge is -2.08. The van der Waals surface area contributed by atoms with Crippen molar-refractivity contribution in [3.05, 3.63) is 59.1 Å². The summed E-state index contributed by atoms with van der Waals surface area (Å²) in [7, 11) is 0. The highest BCUT2D eigenvalue weighted by molar-refractivity contribution is 6.31. The molecule has 106 valence electrons. The van der Waals surface area contributed by atoms with Gasteiger partial charge in [0.1, 0.15) is 5.75 Å². The molecule has 0 unspecified atom stereocenters. The maximum Gasteiger partial charge on any atom is 0.417 e. The van der Waals surface area contributed by atoms with Crippen molar-refractivity contribution in [3.63, 3.8) is 0 Å². The molecule has 0 bridgehead atoms. The van der Waals surface area contributed by atoms with Crippen LogP contribution in [0.5, 0.6) is 5.75 Å². The van der Waals surface area contributed by atoms with Gasteiger partial charge in [0, 0.05) is 10.6 Å². The first kappa shape index (κ1) is 14.9. The van der Waals surface area contributed by atoms with Gasteiger partial charge >= 0.3 is 6.09 Å². The Kier molecular flexibility index (Phi) is 5.22. The van der Waals surface area contributed by atoms with E-state index in [-0.39, 0.29) is 6.54 Å². The number of hydrogen-bond donors (Lipinski definition) is 2. The van der Waals surface area contributed by atoms with E-state index >= 15 is 0 Å². The molecule has 3 N–H and O–H groups in total. The number of hydrogen-bond acceptors (Lipinski definition) is 3. The third-order valence-electron chi connectivity index (χ3n) is 2.50. The predicted molar refractivity (Wildman–Crippen MR) is 83.5 cm³/mol. The van der Waals surface area contributed by atoms with Gasteiger partial charge in [0.2, 0.25) is 0 Å². The molecule has 0 aliphatic heterocycles. The van der Waals surface area contributed by atoms with E-state index in [0.29, 0.717) is 22.0 Å². The van der Waals surface area contributed by atoms with Gasteiger partial charge in [-0.05, 0) is 30.3 Å². The number of para-hydroxylation sites is 1. The maximum absolute atomic E-state index is 11.9. The lowest BCUT2D eigenvalue weighted by molar-refractivity contribution is 0.215. The van der Waals surface area contributed by atoms with E-state index in [4.69, 9.17) is 22.1 Å². The minimum atomic E-state index is -0.612. The highest BCUT2D eigenvalue weighted by Gasteiger charge is 2.08. The summed E-state index contributed by atoms with van der Waals surface area (Å²) in [5.74, 6) is 6.05. The van der Waals surface area contributed by atoms with Crippen molar-refractivity contribution in [2.45, 2.75) is 0 Å². The topological polar surface area (TPSA) is 64.3 Å². The lowest BCUT2D eigenvalue weighted by Crippen LogP contribution is -2.17. The van der Waals surface area contributed by atoms with Gasteiger partial charge in [-0.2, -0.15) is 0 Å². The quantitative estimate of drug-likeness (QED) is 0.837. The average molecular weight is 301 g/mol. The van der Waals surface area contributed by atoms with Crippen LogP contribution < -0.4 is 15.8 Å². The molecule has 0 saturated carbocycles. The molecule has 2 aromatic rings. The molecule has 0 fully saturated rings. The molecule has 2 rings (SSSR count). The smallest absolute Gasteiger partial charge is 0.410 e. The van der Waals surface area contributed by atoms with Crippen molar-refractivity contribution >= 4 is 23.4 Å². The summed E-state index contributed by atoms with van der Waals surface area (Å²) >= 11 is 5.93. The van der Waals surface area contributed by atoms with Crippen molar-refractivity contribution in [1.82, 2.24) is 0 Å². The van der Waals surface area contributed by atoms with Crippen LogP contribution in [0.2, 0.25) is 5.02 Å². The van der Waals surface area contributed by atoms with Crippen LogP contribution in [0.4, 0.5) is 10.5 Å². The number of amides is 1. The number of anilines is 1. The Morgan fingerprint density at radius 3 is 2.71 bits per heavy atom. The SMILES string of the molecule is NCC#Cc1ccc(Cl)cc1NC(=O)Oc1ccccc1. The first-order valence-electron chi connectivity index (χ1n) is 6.21. The van der Waals surface area contributed by atoms with E-state index in [2.05, 4.69) is 17.2 Å². The molecule has 5 heteroatoms. The zero-order valence-corrected chi connectivity index (χ0v) is 11.9. The molecule has 0 saturated heterocycles. The van der Waals surface area contributed by atoms with Crippen LogP contribution in [-0.2, 0) is 0 Å². The Labute approximate surface area is 127 Å². The largest absolute Gasteiger partial charge is 0.417 e. The van der Waals surface area contributed by atoms with E-state index in [1.807, 2.05) is 6.07 Å². The highest BCUT2D eigenvalue weighted by Crippen LogP contribution is 2.21. The Bertz CT molecular complexity index is 690. The second-order valence-corrected chi connectivity index (χ2v) is 4.46. The normalized spacial score (nSPS) is 9.43. The molecule has 4 nitrogen and oxygen atoms in total. The monoisotopic (exact) mass is 300 g/mol. The fourth-order valence-corrected chi connectivity index (χ4v) is 1.78. The first-order chi connectivity index (χ1) is 10.2. The number of halogens is 1. The molecule has 2 aromatic carbocycles. The number of nitrogens with one attached hydrogen (secondary N) is 1. The van der Waals surface area contributed by atoms with Gasteiger partial charge in [0.05, 0.1) is 12.2 Å². The molecule has 0 radical (unpaired) electrons. The summed E-state index contributed by atoms with van der Waals surface area (Å²) in [6.45, 7) is 0.233. The summed E-state index contributed by atoms with van der Waals surface area (Å²) in [5, 5.41) is 3.11. The summed E-state index contributed by atoms with van der Waals surface area (Å²) in [5.41, 5.74) is 6.44. The number of rotatable bonds is 2. The molecule has 1 amide bonds. The van der Waals surface area contributed by atoms with E-state index < -0.39 is 6.09 Å². The van der Waals surface area contributed by atoms with E-state index in [1.54, 1.807) is 42.5 Å². The summed E-state index contributed by atoms with van der Waals surface area (Å²) in [6, 6.07) is 13.8. The highest BCUT2D eigenvalue weighted by atomic mass is 35.5. The Morgan fingerprint density at radius 2 is 2.00 bits per heavy atom. The molecule has 0 heterocycles. The van der Waals surface area contributed by atoms with Crippen molar-refractivity contribution in [2.75, 3.05) is 11.9 Å². The molecule has 0 spiro atoms. The fourth-order valence-electron chi connectivity index (χ4n) is 1.61. The number of benzene rings is 2. The van der Waals surface area contributed by atoms with Gasteiger partial charge in [-0.1, -0.05) is 41.6 Å². The van der Waals surface area contributed by atoms with Gasteiger partial charge in [0.15, 0.2) is 0 Å². The number of carbonyl (C=O) groups excluding carboxylic acids is 1. The number of carbonyl (C=O) groups is 1. The van der Waals surface area contributed by atoms with Crippen molar-refractivity contribution in [2.24, 2.45) is 5.73 Å². The van der Waals surface area contributed by atoms with Gasteiger partial charge < -0.3 is 10.5 Å². The third-order valence-corrected chi connectivity index (χ3v) is 2.73. The molecular weight excluding hydrogens is 288 g/mol. The van der Waals surface area contributed by atoms with Crippen molar-refractivity contribution in [3.8, 4) is 17.6 Å². The second kappa shape index (κ2) is 7.34. The van der Waals surface area contributed by atoms with Gasteiger partial charge in [-0.15, -0.1) is 0 Å². The minimum absolute atomic E-state index is 0.233. The lowest BCUT2D eigenvalue weighted by atomic mass is 10.2. The van der Waals surface area contributed by atoms with Crippen LogP contribution >= 0.6 is 11.6 Å². The molecule has 21 heavy (non-hydrogen) atoms. The Hall–Kier alpha value is -2.48. The van der Waals surface area contributed by atoms with Crippen LogP contribution in [0.1, 0.15) is 5.56 Å². The molecule has 0 atom stereocenters. The molecular formula is C16H13ClN2O2. The van der Waals surface area contributed by atoms with Gasteiger partial charge in [0.25, 0.3) is 0 Å². The molecule has 0 aliphatic carbocycles. The van der Waals surface area contributed by atoms with Crippen molar-refractivity contribution in [1.29, 1.82) is 0 Å². The van der Waals surface area contributed by atoms with Gasteiger partial charge in [-0.3, -0.25) is 5.32 Å². The third kappa shape index (κ3) is 4.53. The number of nitrogens with two attached hydrogens (primary N) is 1. The minimum Gasteiger partial charge on any atom is -0.410 e. The van der Waals surface area contributed by atoms with E-state index in [9.17, 15) is 4.79 Å². The number of ether oxygens (including phenoxy) is 1. The summed E-state index contributed by atoms with van der Waals surface area (Å²) in [4.78, 5) is 11.9. The van der Waals surface area contributed by atoms with E-state index in [1.165, 1.54) is 0 Å². The van der Waals surface area contributed by atoms with Crippen LogP contribution in [0.3, 0.4) is 0 Å². The zero-order chi connectivity index (χ0) is 15.1. The first-order valence-corrected chi connectivity index (χ1v) is 6.59. The zero-order valence-electron chi connectivity index (χ0n) is 11.1. The van der Waals surface area contributed by atoms with Crippen molar-refractivity contribution < 1.29 is 9.53 Å². The maximum atomic E-state index is 11.9. The van der Waals surface area contributed by atoms with Crippen LogP contribution in [0.15, 0.2) is 48.5 Å². The van der Waals surface area contributed by atoms with Crippen LogP contribution in [0.25, 0.3) is 0 Å². The Morgan fingerprint density at radius 1 is 1.24 bits per heavy atom. The Balaban J connectivity index is 2.14. The van der Waals surface area contributed by atoms with E-state index in [0.717, 1.165) is 0 Å². The second-order valence-electron chi connectivity index (χ2n) is 4.02. The summed E-state index contributed by atoms with van der Waals surface area (Å²) in [6.07, 6.45) is -0.612. The average Bonchev–Trinajstić information content (AvgIpc) is 2.47. The van der Waals surface area contributed by atoms with Crippen LogP contribution in [0, 0.1) is 11.8 Å². The fraction of sp³-hybridized carbons (Fsp3) is 0.0625. The standard InChI is InChI=1S/C16H13ClN2O2/c17-13-9-8-12(5-4-10-18)15(11-13)19-16(20)21-14-6-2-1-3-7-14/h1-3,6-9,11H,10,18H2,(H,19,20). The molecule has 0 aromatic heterocycles. The predicted octanol–water partition coefficient (Wildman–Crippen LogP) is 3.26. The van der Waals surface area contributed by atoms with Gasteiger partial charge in [-0.25, -0.2) is 4.79 Å². The summed E-state index contributed by atoms with van der Waals surface area (Å²) < 4.78 is 5.15.